The van der Waals surface area contributed by atoms with Gasteiger partial charge in [0.05, 0.1) is 4.92 Å². The monoisotopic (exact) mass is 359 g/mol. The Morgan fingerprint density at radius 2 is 1.79 bits per heavy atom. The van der Waals surface area contributed by atoms with Gasteiger partial charge < -0.3 is 4.42 Å². The summed E-state index contributed by atoms with van der Waals surface area (Å²) in [6.45, 7) is 0. The quantitative estimate of drug-likeness (QED) is 0.343. The van der Waals surface area contributed by atoms with Gasteiger partial charge in [-0.2, -0.15) is 0 Å². The minimum atomic E-state index is -0.459. The van der Waals surface area contributed by atoms with Crippen molar-refractivity contribution in [2.75, 3.05) is 0 Å². The third-order valence-corrected chi connectivity index (χ3v) is 4.41. The first-order chi connectivity index (χ1) is 11.5. The number of benzene rings is 2. The fourth-order valence-electron chi connectivity index (χ4n) is 2.10. The minimum absolute atomic E-state index is 0.0481. The van der Waals surface area contributed by atoms with Gasteiger partial charge in [-0.15, -0.1) is 0 Å². The van der Waals surface area contributed by atoms with E-state index in [1.165, 1.54) is 30.0 Å². The van der Waals surface area contributed by atoms with Crippen molar-refractivity contribution >= 4 is 35.3 Å². The number of aldehydes is 1. The summed E-state index contributed by atoms with van der Waals surface area (Å²) < 4.78 is 5.36. The van der Waals surface area contributed by atoms with Crippen molar-refractivity contribution in [1.29, 1.82) is 0 Å². The number of nitrogens with zero attached hydrogens (tertiary/aromatic N) is 1. The molecule has 120 valence electrons. The molecule has 1 aromatic heterocycles. The molecule has 7 heteroatoms. The van der Waals surface area contributed by atoms with Gasteiger partial charge in [-0.25, -0.2) is 0 Å². The van der Waals surface area contributed by atoms with Crippen LogP contribution >= 0.6 is 23.4 Å². The highest BCUT2D eigenvalue weighted by Crippen LogP contribution is 2.35. The standard InChI is InChI=1S/C17H10ClNO4S/c18-12-1-4-15(5-2-12)24-16-8-11(7-13(9-16)19(21)22)17-6-3-14(10-20)23-17/h1-10H. The Labute approximate surface area is 146 Å². The normalized spacial score (nSPS) is 10.5. The van der Waals surface area contributed by atoms with Crippen molar-refractivity contribution in [3.05, 3.63) is 75.5 Å². The molecule has 0 amide bonds. The summed E-state index contributed by atoms with van der Waals surface area (Å²) in [5, 5.41) is 11.8. The first kappa shape index (κ1) is 16.3. The van der Waals surface area contributed by atoms with Gasteiger partial charge in [0.2, 0.25) is 0 Å². The van der Waals surface area contributed by atoms with Gasteiger partial charge >= 0.3 is 0 Å². The Kier molecular flexibility index (Phi) is 4.69. The van der Waals surface area contributed by atoms with Crippen molar-refractivity contribution in [2.24, 2.45) is 0 Å². The lowest BCUT2D eigenvalue weighted by Gasteiger charge is -2.05. The molecule has 0 bridgehead atoms. The molecule has 5 nitrogen and oxygen atoms in total. The summed E-state index contributed by atoms with van der Waals surface area (Å²) in [6.07, 6.45) is 0.588. The Bertz CT molecular complexity index is 905. The number of furan rings is 1. The second-order valence-electron chi connectivity index (χ2n) is 4.85. The highest BCUT2D eigenvalue weighted by molar-refractivity contribution is 7.99. The third kappa shape index (κ3) is 3.67. The predicted molar refractivity (Wildman–Crippen MR) is 91.8 cm³/mol. The van der Waals surface area contributed by atoms with E-state index in [9.17, 15) is 14.9 Å². The lowest BCUT2D eigenvalue weighted by Crippen LogP contribution is -1.89. The minimum Gasteiger partial charge on any atom is -0.453 e. The van der Waals surface area contributed by atoms with Gasteiger partial charge in [0.1, 0.15) is 5.76 Å². The van der Waals surface area contributed by atoms with Crippen LogP contribution < -0.4 is 0 Å². The van der Waals surface area contributed by atoms with Crippen LogP contribution in [0, 0.1) is 10.1 Å². The Morgan fingerprint density at radius 1 is 1.04 bits per heavy atom. The number of carbonyl (C=O) groups is 1. The van der Waals surface area contributed by atoms with Crippen molar-refractivity contribution in [2.45, 2.75) is 9.79 Å². The molecule has 3 rings (SSSR count). The first-order valence-electron chi connectivity index (χ1n) is 6.83. The third-order valence-electron chi connectivity index (χ3n) is 3.18. The number of hydrogen-bond donors (Lipinski definition) is 0. The van der Waals surface area contributed by atoms with Crippen LogP contribution in [0.3, 0.4) is 0 Å². The van der Waals surface area contributed by atoms with Crippen LogP contribution in [0.5, 0.6) is 0 Å². The molecular formula is C17H10ClNO4S. The molecule has 0 atom stereocenters. The lowest BCUT2D eigenvalue weighted by atomic mass is 10.1. The summed E-state index contributed by atoms with van der Waals surface area (Å²) in [5.41, 5.74) is 0.488. The predicted octanol–water partition coefficient (Wildman–Crippen LogP) is 5.47. The smallest absolute Gasteiger partial charge is 0.271 e. The molecular weight excluding hydrogens is 350 g/mol. The fourth-order valence-corrected chi connectivity index (χ4v) is 3.14. The van der Waals surface area contributed by atoms with Crippen LogP contribution in [0.15, 0.2) is 68.8 Å². The number of nitro groups is 1. The Morgan fingerprint density at radius 3 is 2.42 bits per heavy atom. The van der Waals surface area contributed by atoms with Gasteiger partial charge in [0.25, 0.3) is 5.69 Å². The van der Waals surface area contributed by atoms with Gasteiger partial charge in [-0.3, -0.25) is 14.9 Å². The van der Waals surface area contributed by atoms with Crippen molar-refractivity contribution in [1.82, 2.24) is 0 Å². The zero-order valence-corrected chi connectivity index (χ0v) is 13.7. The summed E-state index contributed by atoms with van der Waals surface area (Å²) in [6, 6.07) is 15.0. The molecule has 3 aromatic rings. The molecule has 0 aliphatic rings. The summed E-state index contributed by atoms with van der Waals surface area (Å²) in [7, 11) is 0. The average molecular weight is 360 g/mol. The lowest BCUT2D eigenvalue weighted by molar-refractivity contribution is -0.385. The van der Waals surface area contributed by atoms with E-state index in [-0.39, 0.29) is 11.4 Å². The Balaban J connectivity index is 2.00. The maximum Gasteiger partial charge on any atom is 0.271 e. The largest absolute Gasteiger partial charge is 0.453 e. The molecule has 0 N–H and O–H groups in total. The van der Waals surface area contributed by atoms with E-state index < -0.39 is 4.92 Å². The molecule has 0 radical (unpaired) electrons. The highest BCUT2D eigenvalue weighted by Gasteiger charge is 2.14. The number of halogens is 1. The van der Waals surface area contributed by atoms with Crippen molar-refractivity contribution in [3.8, 4) is 11.3 Å². The van der Waals surface area contributed by atoms with Crippen molar-refractivity contribution < 1.29 is 14.1 Å². The molecule has 0 saturated carbocycles. The van der Waals surface area contributed by atoms with E-state index in [4.69, 9.17) is 16.0 Å². The maximum absolute atomic E-state index is 11.2. The number of rotatable bonds is 5. The van der Waals surface area contributed by atoms with Gasteiger partial charge in [-0.05, 0) is 42.5 Å². The first-order valence-corrected chi connectivity index (χ1v) is 8.03. The van der Waals surface area contributed by atoms with E-state index in [1.54, 1.807) is 24.3 Å². The van der Waals surface area contributed by atoms with Gasteiger partial charge in [0.15, 0.2) is 12.0 Å². The maximum atomic E-state index is 11.2. The number of nitro benzene ring substituents is 1. The van der Waals surface area contributed by atoms with Crippen LogP contribution in [0.25, 0.3) is 11.3 Å². The van der Waals surface area contributed by atoms with E-state index in [0.717, 1.165) is 4.90 Å². The van der Waals surface area contributed by atoms with E-state index in [2.05, 4.69) is 0 Å². The highest BCUT2D eigenvalue weighted by atomic mass is 35.5. The van der Waals surface area contributed by atoms with Crippen LogP contribution in [0.1, 0.15) is 10.6 Å². The van der Waals surface area contributed by atoms with Crippen LogP contribution in [-0.4, -0.2) is 11.2 Å². The van der Waals surface area contributed by atoms with Gasteiger partial charge in [0, 0.05) is 32.5 Å². The Hall–Kier alpha value is -2.57. The summed E-state index contributed by atoms with van der Waals surface area (Å²) in [4.78, 5) is 23.1. The van der Waals surface area contributed by atoms with Gasteiger partial charge in [-0.1, -0.05) is 23.4 Å². The summed E-state index contributed by atoms with van der Waals surface area (Å²) in [5.74, 6) is 0.571. The van der Waals surface area contributed by atoms with E-state index in [0.29, 0.717) is 27.5 Å². The zero-order chi connectivity index (χ0) is 17.1. The van der Waals surface area contributed by atoms with Crippen LogP contribution in [0.2, 0.25) is 5.02 Å². The summed E-state index contributed by atoms with van der Waals surface area (Å²) >= 11 is 7.24. The second kappa shape index (κ2) is 6.90. The average Bonchev–Trinajstić information content (AvgIpc) is 3.06. The topological polar surface area (TPSA) is 73.3 Å². The molecule has 0 fully saturated rings. The number of carbonyl (C=O) groups excluding carboxylic acids is 1. The molecule has 0 spiro atoms. The van der Waals surface area contributed by atoms with E-state index >= 15 is 0 Å². The fraction of sp³-hybridized carbons (Fsp3) is 0. The van der Waals surface area contributed by atoms with Crippen LogP contribution in [-0.2, 0) is 0 Å². The molecule has 0 aliphatic heterocycles. The number of hydrogen-bond acceptors (Lipinski definition) is 5. The SMILES string of the molecule is O=Cc1ccc(-c2cc(Sc3ccc(Cl)cc3)cc([N+](=O)[O-])c2)o1. The molecule has 2 aromatic carbocycles. The molecule has 1 heterocycles. The molecule has 0 unspecified atom stereocenters. The van der Waals surface area contributed by atoms with Crippen LogP contribution in [0.4, 0.5) is 5.69 Å². The molecule has 0 saturated heterocycles. The van der Waals surface area contributed by atoms with Crippen molar-refractivity contribution in [3.63, 3.8) is 0 Å². The zero-order valence-electron chi connectivity index (χ0n) is 12.1. The molecule has 0 aliphatic carbocycles. The number of non-ortho nitro benzene ring substituents is 1. The van der Waals surface area contributed by atoms with E-state index in [1.807, 2.05) is 12.1 Å². The second-order valence-corrected chi connectivity index (χ2v) is 6.43. The molecule has 24 heavy (non-hydrogen) atoms.